The van der Waals surface area contributed by atoms with E-state index >= 15 is 0 Å². The molecule has 0 radical (unpaired) electrons. The molecule has 1 aliphatic carbocycles. The van der Waals surface area contributed by atoms with Crippen LogP contribution >= 0.6 is 23.2 Å². The molecule has 2 aliphatic rings. The Labute approximate surface area is 181 Å². The summed E-state index contributed by atoms with van der Waals surface area (Å²) < 4.78 is 2.36. The van der Waals surface area contributed by atoms with E-state index in [2.05, 4.69) is 4.99 Å². The minimum Gasteiger partial charge on any atom is -0.293 e. The van der Waals surface area contributed by atoms with Crippen LogP contribution in [0.3, 0.4) is 0 Å². The lowest BCUT2D eigenvalue weighted by molar-refractivity contribution is 0.0953. The van der Waals surface area contributed by atoms with Gasteiger partial charge in [-0.3, -0.25) is 18.7 Å². The van der Waals surface area contributed by atoms with Crippen molar-refractivity contribution in [3.05, 3.63) is 95.6 Å². The molecule has 2 atom stereocenters. The average molecular weight is 440 g/mol. The van der Waals surface area contributed by atoms with Gasteiger partial charge in [0.2, 0.25) is 0 Å². The Morgan fingerprint density at radius 2 is 1.57 bits per heavy atom. The van der Waals surface area contributed by atoms with Crippen molar-refractivity contribution in [3.63, 3.8) is 0 Å². The molecular formula is C22H15Cl2N3O3. The lowest BCUT2D eigenvalue weighted by Gasteiger charge is -2.30. The number of aromatic nitrogens is 2. The zero-order chi connectivity index (χ0) is 21.3. The maximum Gasteiger partial charge on any atom is 0.332 e. The number of hydrogen-bond donors (Lipinski definition) is 0. The van der Waals surface area contributed by atoms with E-state index in [9.17, 15) is 14.4 Å². The van der Waals surface area contributed by atoms with E-state index in [4.69, 9.17) is 23.2 Å². The number of hydrogen-bond acceptors (Lipinski definition) is 4. The van der Waals surface area contributed by atoms with Gasteiger partial charge in [0.05, 0.1) is 27.2 Å². The first-order valence-corrected chi connectivity index (χ1v) is 10.0. The van der Waals surface area contributed by atoms with Gasteiger partial charge in [-0.2, -0.15) is 0 Å². The Hall–Kier alpha value is -2.96. The summed E-state index contributed by atoms with van der Waals surface area (Å²) in [7, 11) is 2.97. The third kappa shape index (κ3) is 2.38. The third-order valence-electron chi connectivity index (χ3n) is 5.90. The number of fused-ring (bicyclic) bond motifs is 4. The molecule has 1 aromatic heterocycles. The summed E-state index contributed by atoms with van der Waals surface area (Å²) >= 11 is 12.8. The third-order valence-corrected chi connectivity index (χ3v) is 6.73. The number of benzene rings is 2. The average Bonchev–Trinajstić information content (AvgIpc) is 3.04. The van der Waals surface area contributed by atoms with Crippen LogP contribution in [0.15, 0.2) is 57.0 Å². The van der Waals surface area contributed by atoms with Crippen molar-refractivity contribution in [2.45, 2.75) is 5.92 Å². The molecule has 30 heavy (non-hydrogen) atoms. The van der Waals surface area contributed by atoms with E-state index in [-0.39, 0.29) is 22.2 Å². The number of rotatable bonds is 1. The van der Waals surface area contributed by atoms with Crippen molar-refractivity contribution in [2.75, 3.05) is 0 Å². The van der Waals surface area contributed by atoms with E-state index in [1.165, 1.54) is 11.6 Å². The molecule has 0 amide bonds. The van der Waals surface area contributed by atoms with E-state index in [0.29, 0.717) is 27.4 Å². The molecule has 8 heteroatoms. The maximum absolute atomic E-state index is 13.4. The second-order valence-corrected chi connectivity index (χ2v) is 8.23. The van der Waals surface area contributed by atoms with Gasteiger partial charge in [0.1, 0.15) is 5.82 Å². The van der Waals surface area contributed by atoms with Gasteiger partial charge in [0.15, 0.2) is 5.78 Å². The van der Waals surface area contributed by atoms with Crippen LogP contribution in [0.2, 0.25) is 10.0 Å². The van der Waals surface area contributed by atoms with Crippen LogP contribution < -0.4 is 11.2 Å². The second-order valence-electron chi connectivity index (χ2n) is 7.45. The molecule has 6 nitrogen and oxygen atoms in total. The molecule has 0 N–H and O–H groups in total. The molecule has 2 aromatic carbocycles. The Morgan fingerprint density at radius 3 is 2.30 bits per heavy atom. The molecule has 150 valence electrons. The van der Waals surface area contributed by atoms with Crippen LogP contribution in [0.25, 0.3) is 0 Å². The largest absolute Gasteiger partial charge is 0.332 e. The van der Waals surface area contributed by atoms with Gasteiger partial charge in [-0.25, -0.2) is 9.79 Å². The highest BCUT2D eigenvalue weighted by Crippen LogP contribution is 2.48. The quantitative estimate of drug-likeness (QED) is 0.582. The number of carbonyl (C=O) groups excluding carboxylic acids is 1. The second kappa shape index (κ2) is 6.52. The number of halogens is 2. The zero-order valence-electron chi connectivity index (χ0n) is 16.0. The molecule has 0 saturated heterocycles. The standard InChI is InChI=1S/C22H15Cl2N3O3/c1-26-20-16(21(29)27(2)22(26)30)14(12-8-5-9-13(23)17(12)24)15-18(25-20)10-6-3-4-7-11(10)19(15)28/h3-9,14-15H,1-2H3/t14-,15+/m0/s1. The highest BCUT2D eigenvalue weighted by Gasteiger charge is 2.48. The zero-order valence-corrected chi connectivity index (χ0v) is 17.5. The predicted octanol–water partition coefficient (Wildman–Crippen LogP) is 3.47. The first kappa shape index (κ1) is 19.0. The normalized spacial score (nSPS) is 19.2. The Kier molecular flexibility index (Phi) is 4.14. The van der Waals surface area contributed by atoms with Crippen LogP contribution in [0.4, 0.5) is 5.82 Å². The molecule has 0 fully saturated rings. The van der Waals surface area contributed by atoms with E-state index in [1.807, 2.05) is 12.1 Å². The number of aliphatic imine (C=N–C) groups is 1. The van der Waals surface area contributed by atoms with Crippen molar-refractivity contribution in [1.29, 1.82) is 0 Å². The lowest BCUT2D eigenvalue weighted by atomic mass is 9.76. The van der Waals surface area contributed by atoms with Gasteiger partial charge >= 0.3 is 5.69 Å². The summed E-state index contributed by atoms with van der Waals surface area (Å²) in [5.41, 5.74) is 1.61. The van der Waals surface area contributed by atoms with E-state index < -0.39 is 23.1 Å². The fraction of sp³-hybridized carbons (Fsp3) is 0.182. The summed E-state index contributed by atoms with van der Waals surface area (Å²) in [6, 6.07) is 12.3. The van der Waals surface area contributed by atoms with Crippen LogP contribution in [0.1, 0.15) is 33.0 Å². The molecule has 0 bridgehead atoms. The van der Waals surface area contributed by atoms with Crippen LogP contribution in [0, 0.1) is 5.92 Å². The molecular weight excluding hydrogens is 425 g/mol. The summed E-state index contributed by atoms with van der Waals surface area (Å²) in [4.78, 5) is 43.9. The summed E-state index contributed by atoms with van der Waals surface area (Å²) in [5.74, 6) is -1.34. The summed E-state index contributed by atoms with van der Waals surface area (Å²) in [6.45, 7) is 0. The lowest BCUT2D eigenvalue weighted by Crippen LogP contribution is -2.43. The van der Waals surface area contributed by atoms with Crippen LogP contribution in [0.5, 0.6) is 0 Å². The smallest absolute Gasteiger partial charge is 0.293 e. The molecule has 0 saturated carbocycles. The number of ketones is 1. The Bertz CT molecular complexity index is 1420. The number of carbonyl (C=O) groups is 1. The van der Waals surface area contributed by atoms with Gasteiger partial charge in [0, 0.05) is 31.1 Å². The molecule has 5 rings (SSSR count). The topological polar surface area (TPSA) is 73.4 Å². The van der Waals surface area contributed by atoms with Gasteiger partial charge in [-0.1, -0.05) is 59.6 Å². The highest BCUT2D eigenvalue weighted by molar-refractivity contribution is 6.42. The van der Waals surface area contributed by atoms with Gasteiger partial charge in [0.25, 0.3) is 5.56 Å². The van der Waals surface area contributed by atoms with E-state index in [0.717, 1.165) is 4.57 Å². The molecule has 0 spiro atoms. The van der Waals surface area contributed by atoms with Gasteiger partial charge < -0.3 is 0 Å². The van der Waals surface area contributed by atoms with Crippen molar-refractivity contribution < 1.29 is 4.79 Å². The van der Waals surface area contributed by atoms with Gasteiger partial charge in [-0.05, 0) is 11.6 Å². The fourth-order valence-corrected chi connectivity index (χ4v) is 4.89. The predicted molar refractivity (Wildman–Crippen MR) is 116 cm³/mol. The van der Waals surface area contributed by atoms with Crippen molar-refractivity contribution >= 4 is 40.5 Å². The molecule has 3 aromatic rings. The van der Waals surface area contributed by atoms with Crippen LogP contribution in [-0.4, -0.2) is 20.6 Å². The van der Waals surface area contributed by atoms with Crippen molar-refractivity contribution in [1.82, 2.24) is 9.13 Å². The number of nitrogens with zero attached hydrogens (tertiary/aromatic N) is 3. The summed E-state index contributed by atoms with van der Waals surface area (Å²) in [6.07, 6.45) is 0. The van der Waals surface area contributed by atoms with Crippen LogP contribution in [-0.2, 0) is 14.1 Å². The van der Waals surface area contributed by atoms with Gasteiger partial charge in [-0.15, -0.1) is 0 Å². The summed E-state index contributed by atoms with van der Waals surface area (Å²) in [5, 5.41) is 0.598. The maximum atomic E-state index is 13.4. The van der Waals surface area contributed by atoms with Crippen molar-refractivity contribution in [2.24, 2.45) is 25.0 Å². The van der Waals surface area contributed by atoms with E-state index in [1.54, 1.807) is 37.4 Å². The number of Topliss-reactive ketones (excluding diaryl/α,β-unsaturated/α-hetero) is 1. The fourth-order valence-electron chi connectivity index (χ4n) is 4.46. The Balaban J connectivity index is 1.94. The SMILES string of the molecule is Cn1c2c(c(=O)n(C)c1=O)[C@@H](c1cccc(Cl)c1Cl)[C@H]1C(=O)c3ccccc3C1=N2. The highest BCUT2D eigenvalue weighted by atomic mass is 35.5. The first-order chi connectivity index (χ1) is 14.3. The molecule has 2 heterocycles. The minimum atomic E-state index is -0.726. The van der Waals surface area contributed by atoms with Crippen molar-refractivity contribution in [3.8, 4) is 0 Å². The monoisotopic (exact) mass is 439 g/mol. The molecule has 0 unspecified atom stereocenters. The minimum absolute atomic E-state index is 0.132. The first-order valence-electron chi connectivity index (χ1n) is 9.29. The molecule has 1 aliphatic heterocycles. The Morgan fingerprint density at radius 1 is 0.867 bits per heavy atom.